The predicted molar refractivity (Wildman–Crippen MR) is 134 cm³/mol. The smallest absolute Gasteiger partial charge is 1.00 e. The van der Waals surface area contributed by atoms with E-state index in [0.29, 0.717) is 4.22 Å². The van der Waals surface area contributed by atoms with Gasteiger partial charge in [-0.25, -0.2) is 0 Å². The summed E-state index contributed by atoms with van der Waals surface area (Å²) in [4.78, 5) is 0. The van der Waals surface area contributed by atoms with Crippen LogP contribution in [0.2, 0.25) is 4.22 Å². The molecule has 0 bridgehead atoms. The van der Waals surface area contributed by atoms with Gasteiger partial charge in [0.2, 0.25) is 0 Å². The number of hydrogen-bond acceptors (Lipinski definition) is 0. The summed E-state index contributed by atoms with van der Waals surface area (Å²) in [6.45, 7) is 0. The van der Waals surface area contributed by atoms with Gasteiger partial charge in [0.1, 0.15) is 0 Å². The zero-order chi connectivity index (χ0) is 21.3. The van der Waals surface area contributed by atoms with E-state index < -0.39 is 7.92 Å². The van der Waals surface area contributed by atoms with Crippen LogP contribution >= 0.6 is 7.92 Å². The van der Waals surface area contributed by atoms with E-state index in [0.717, 1.165) is 16.1 Å². The molecule has 0 N–H and O–H groups in total. The zero-order valence-electron chi connectivity index (χ0n) is 18.9. The first-order valence-corrected chi connectivity index (χ1v) is 14.8. The summed E-state index contributed by atoms with van der Waals surface area (Å²) in [6.07, 6.45) is 14.9. The standard InChI is InChI=1S/C21H16P.C9H11.2ClH.Ti/c1-3-11-19(12-4-1)22(20-13-5-2-6-14-20)21-15-17-9-7-8-10-18(17)16-21;1-2-5-9-7-3-6-8(9)4-1;;;/h1-16H;1-2,4-6,8-9H,3,7H2;2*1H;/q;;;;+2/p-2. The van der Waals surface area contributed by atoms with Gasteiger partial charge in [-0.2, -0.15) is 0 Å². The van der Waals surface area contributed by atoms with Crippen molar-refractivity contribution in [1.82, 2.24) is 0 Å². The van der Waals surface area contributed by atoms with Gasteiger partial charge < -0.3 is 24.8 Å². The fourth-order valence-electron chi connectivity index (χ4n) is 5.64. The molecule has 34 heavy (non-hydrogen) atoms. The molecule has 3 aromatic carbocycles. The summed E-state index contributed by atoms with van der Waals surface area (Å²) in [6, 6.07) is 31.7. The normalized spacial score (nSPS) is 23.9. The van der Waals surface area contributed by atoms with Crippen molar-refractivity contribution >= 4 is 24.6 Å². The van der Waals surface area contributed by atoms with Crippen LogP contribution in [0.4, 0.5) is 0 Å². The van der Waals surface area contributed by atoms with Crippen molar-refractivity contribution in [3.63, 3.8) is 0 Å². The molecular weight excluding hydrogens is 510 g/mol. The molecule has 0 heterocycles. The second-order valence-corrected chi connectivity index (χ2v) is 13.8. The fraction of sp³-hybridized carbons (Fsp3) is 0.200. The van der Waals surface area contributed by atoms with Gasteiger partial charge in [-0.1, -0.05) is 0 Å². The minimum absolute atomic E-state index is 0. The van der Waals surface area contributed by atoms with Crippen LogP contribution in [0.25, 0.3) is 6.08 Å². The van der Waals surface area contributed by atoms with Crippen molar-refractivity contribution in [3.8, 4) is 0 Å². The molecule has 0 spiro atoms. The van der Waals surface area contributed by atoms with Crippen LogP contribution in [0.5, 0.6) is 0 Å². The molecule has 0 nitrogen and oxygen atoms in total. The van der Waals surface area contributed by atoms with E-state index in [-0.39, 0.29) is 44.0 Å². The Morgan fingerprint density at radius 3 is 2.00 bits per heavy atom. The minimum Gasteiger partial charge on any atom is -1.00 e. The maximum Gasteiger partial charge on any atom is -1.00 e. The van der Waals surface area contributed by atoms with E-state index >= 15 is 0 Å². The van der Waals surface area contributed by atoms with Crippen LogP contribution in [-0.2, 0) is 19.2 Å². The van der Waals surface area contributed by atoms with Gasteiger partial charge in [-0.05, 0) is 0 Å². The van der Waals surface area contributed by atoms with E-state index in [2.05, 4.69) is 115 Å². The fourth-order valence-corrected chi connectivity index (χ4v) is 12.2. The van der Waals surface area contributed by atoms with Gasteiger partial charge in [0.05, 0.1) is 0 Å². The summed E-state index contributed by atoms with van der Waals surface area (Å²) in [5.74, 6) is 1.55. The number of hydrogen-bond donors (Lipinski definition) is 0. The van der Waals surface area contributed by atoms with Gasteiger partial charge in [-0.15, -0.1) is 0 Å². The molecule has 0 saturated heterocycles. The van der Waals surface area contributed by atoms with Crippen molar-refractivity contribution in [2.75, 3.05) is 0 Å². The molecule has 3 aliphatic rings. The van der Waals surface area contributed by atoms with Gasteiger partial charge in [0.25, 0.3) is 0 Å². The first-order chi connectivity index (χ1) is 15.9. The average molecular weight is 537 g/mol. The van der Waals surface area contributed by atoms with Crippen LogP contribution in [-0.4, -0.2) is 0 Å². The Morgan fingerprint density at radius 1 is 0.676 bits per heavy atom. The summed E-state index contributed by atoms with van der Waals surface area (Å²) < 4.78 is 1.53. The summed E-state index contributed by atoms with van der Waals surface area (Å²) in [5.41, 5.74) is 3.06. The second kappa shape index (κ2) is 11.6. The SMILES string of the molecule is C1=CC2CC[CH]([Ti+2][CH]3C(P(c4ccccc4)c4ccccc4)=Cc4ccccc43)C2C=C1.[Cl-].[Cl-]. The Kier molecular flexibility index (Phi) is 8.73. The molecular formula is C30H27Cl2PTi. The first-order valence-electron chi connectivity index (χ1n) is 11.7. The number of halogens is 2. The van der Waals surface area contributed by atoms with Gasteiger partial charge in [0.15, 0.2) is 0 Å². The molecule has 0 aliphatic heterocycles. The van der Waals surface area contributed by atoms with E-state index in [9.17, 15) is 0 Å². The van der Waals surface area contributed by atoms with Crippen molar-refractivity contribution in [2.45, 2.75) is 21.3 Å². The van der Waals surface area contributed by atoms with E-state index in [1.807, 2.05) is 0 Å². The summed E-state index contributed by atoms with van der Waals surface area (Å²) in [7, 11) is -0.517. The van der Waals surface area contributed by atoms with Crippen LogP contribution < -0.4 is 35.4 Å². The maximum absolute atomic E-state index is 2.57. The third-order valence-electron chi connectivity index (χ3n) is 7.15. The Morgan fingerprint density at radius 2 is 1.29 bits per heavy atom. The molecule has 1 fully saturated rings. The molecule has 3 aromatic rings. The zero-order valence-corrected chi connectivity index (χ0v) is 22.9. The van der Waals surface area contributed by atoms with Gasteiger partial charge >= 0.3 is 203 Å². The van der Waals surface area contributed by atoms with Crippen LogP contribution in [0.3, 0.4) is 0 Å². The summed E-state index contributed by atoms with van der Waals surface area (Å²) >= 11 is -0.186. The monoisotopic (exact) mass is 536 g/mol. The molecule has 0 aromatic heterocycles. The molecule has 4 atom stereocenters. The first kappa shape index (κ1) is 25.7. The van der Waals surface area contributed by atoms with Crippen LogP contribution in [0.15, 0.2) is 115 Å². The number of allylic oxidation sites excluding steroid dienone is 5. The van der Waals surface area contributed by atoms with Gasteiger partial charge in [-0.3, -0.25) is 0 Å². The minimum atomic E-state index is -0.517. The third-order valence-corrected chi connectivity index (χ3v) is 13.3. The number of benzene rings is 3. The van der Waals surface area contributed by atoms with Crippen molar-refractivity contribution in [3.05, 3.63) is 126 Å². The second-order valence-electron chi connectivity index (χ2n) is 9.00. The molecule has 3 aliphatic carbocycles. The predicted octanol–water partition coefficient (Wildman–Crippen LogP) is 1.25. The third kappa shape index (κ3) is 4.95. The Bertz CT molecular complexity index is 1150. The van der Waals surface area contributed by atoms with Crippen LogP contribution in [0.1, 0.15) is 28.2 Å². The molecule has 1 saturated carbocycles. The van der Waals surface area contributed by atoms with E-state index in [1.54, 1.807) is 10.9 Å². The van der Waals surface area contributed by atoms with Crippen molar-refractivity contribution in [1.29, 1.82) is 0 Å². The van der Waals surface area contributed by atoms with Crippen molar-refractivity contribution < 1.29 is 44.0 Å². The molecule has 0 amide bonds. The quantitative estimate of drug-likeness (QED) is 0.340. The van der Waals surface area contributed by atoms with E-state index in [4.69, 9.17) is 0 Å². The van der Waals surface area contributed by atoms with E-state index in [1.165, 1.54) is 29.0 Å². The number of fused-ring (bicyclic) bond motifs is 2. The topological polar surface area (TPSA) is 0 Å². The summed E-state index contributed by atoms with van der Waals surface area (Å²) in [5, 5.41) is 4.65. The Hall–Kier alpha value is -1.40. The maximum atomic E-state index is 2.57. The molecule has 6 rings (SSSR count). The van der Waals surface area contributed by atoms with Crippen molar-refractivity contribution in [2.24, 2.45) is 11.8 Å². The molecule has 170 valence electrons. The number of rotatable bonds is 5. The Labute approximate surface area is 226 Å². The van der Waals surface area contributed by atoms with Gasteiger partial charge in [0, 0.05) is 0 Å². The molecule has 4 heteroatoms. The largest absolute Gasteiger partial charge is 1.00 e. The average Bonchev–Trinajstić information content (AvgIpc) is 3.43. The molecule has 4 unspecified atom stereocenters. The molecule has 0 radical (unpaired) electrons. The Balaban J connectivity index is 0.00000137. The van der Waals surface area contributed by atoms with Crippen LogP contribution in [0, 0.1) is 11.8 Å².